The molecule has 0 radical (unpaired) electrons. The van der Waals surface area contributed by atoms with Gasteiger partial charge in [0.15, 0.2) is 0 Å². The Hall–Kier alpha value is -2.39. The molecule has 1 spiro atoms. The first-order valence-electron chi connectivity index (χ1n) is 9.01. The molecule has 130 valence electrons. The lowest BCUT2D eigenvalue weighted by Crippen LogP contribution is -2.33. The van der Waals surface area contributed by atoms with Crippen molar-refractivity contribution in [3.8, 4) is 0 Å². The quantitative estimate of drug-likeness (QED) is 0.724. The lowest BCUT2D eigenvalue weighted by molar-refractivity contribution is -0.122. The molecule has 2 atom stereocenters. The van der Waals surface area contributed by atoms with Gasteiger partial charge in [-0.25, -0.2) is 0 Å². The average Bonchev–Trinajstić information content (AvgIpc) is 3.38. The number of fused-ring (bicyclic) bond motifs is 2. The number of anilines is 1. The molecule has 2 amide bonds. The van der Waals surface area contributed by atoms with Crippen LogP contribution in [-0.4, -0.2) is 11.8 Å². The summed E-state index contributed by atoms with van der Waals surface area (Å²) < 4.78 is 0. The monoisotopic (exact) mass is 363 g/mol. The maximum atomic E-state index is 13.3. The van der Waals surface area contributed by atoms with Crippen LogP contribution in [0, 0.1) is 17.3 Å². The molecule has 0 bridgehead atoms. The fourth-order valence-corrected chi connectivity index (χ4v) is 4.91. The van der Waals surface area contributed by atoms with Gasteiger partial charge < -0.3 is 0 Å². The van der Waals surface area contributed by atoms with E-state index >= 15 is 0 Å². The number of para-hydroxylation sites is 1. The normalized spacial score (nSPS) is 26.0. The molecule has 0 N–H and O–H groups in total. The highest BCUT2D eigenvalue weighted by Gasteiger charge is 2.65. The van der Waals surface area contributed by atoms with Crippen LogP contribution in [0.2, 0.25) is 5.02 Å². The molecule has 2 fully saturated rings. The lowest BCUT2D eigenvalue weighted by Gasteiger charge is -2.32. The zero-order valence-corrected chi connectivity index (χ0v) is 14.9. The van der Waals surface area contributed by atoms with E-state index in [0.29, 0.717) is 17.1 Å². The molecule has 1 saturated heterocycles. The van der Waals surface area contributed by atoms with E-state index < -0.39 is 0 Å². The molecule has 2 unspecified atom stereocenters. The van der Waals surface area contributed by atoms with Crippen molar-refractivity contribution in [2.75, 3.05) is 4.90 Å². The summed E-state index contributed by atoms with van der Waals surface area (Å²) in [7, 11) is 0. The Balaban J connectivity index is 1.55. The molecule has 0 aromatic heterocycles. The summed E-state index contributed by atoms with van der Waals surface area (Å²) in [6, 6.07) is 17.1. The smallest absolute Gasteiger partial charge is 0.238 e. The van der Waals surface area contributed by atoms with Crippen LogP contribution in [0.4, 0.5) is 5.69 Å². The number of hydrogen-bond donors (Lipinski definition) is 0. The fraction of sp³-hybridized carbons (Fsp3) is 0.273. The largest absolute Gasteiger partial charge is 0.274 e. The molecule has 5 rings (SSSR count). The molecule has 2 aromatic carbocycles. The first-order valence-corrected chi connectivity index (χ1v) is 9.39. The Labute approximate surface area is 157 Å². The molecular weight excluding hydrogens is 346 g/mol. The van der Waals surface area contributed by atoms with Gasteiger partial charge in [-0.05, 0) is 54.7 Å². The Morgan fingerprint density at radius 2 is 1.62 bits per heavy atom. The van der Waals surface area contributed by atoms with Crippen LogP contribution < -0.4 is 4.90 Å². The molecule has 1 aliphatic heterocycles. The van der Waals surface area contributed by atoms with Crippen molar-refractivity contribution in [2.24, 2.45) is 17.3 Å². The molecule has 26 heavy (non-hydrogen) atoms. The highest BCUT2D eigenvalue weighted by molar-refractivity contribution is 6.30. The second kappa shape index (κ2) is 5.55. The molecule has 1 heterocycles. The van der Waals surface area contributed by atoms with Crippen LogP contribution in [0.5, 0.6) is 0 Å². The van der Waals surface area contributed by atoms with Gasteiger partial charge in [0.25, 0.3) is 0 Å². The third-order valence-electron chi connectivity index (χ3n) is 6.09. The number of carbonyl (C=O) groups is 2. The van der Waals surface area contributed by atoms with Crippen molar-refractivity contribution in [2.45, 2.75) is 19.3 Å². The minimum atomic E-state index is -0.245. The number of halogens is 1. The van der Waals surface area contributed by atoms with Gasteiger partial charge in [0.05, 0.1) is 17.5 Å². The van der Waals surface area contributed by atoms with Crippen molar-refractivity contribution in [1.82, 2.24) is 0 Å². The molecule has 3 nitrogen and oxygen atoms in total. The number of imide groups is 1. The Bertz CT molecular complexity index is 928. The summed E-state index contributed by atoms with van der Waals surface area (Å²) in [5.74, 6) is -0.570. The molecule has 2 aliphatic carbocycles. The van der Waals surface area contributed by atoms with E-state index in [-0.39, 0.29) is 29.1 Å². The Morgan fingerprint density at radius 3 is 2.27 bits per heavy atom. The van der Waals surface area contributed by atoms with E-state index in [2.05, 4.69) is 6.08 Å². The standard InChI is InChI=1S/C22H18ClNO2/c23-15-8-6-14(7-9-15)18-11-10-17-19(22(18)12-13-22)21(26)24(20(17)25)16-4-2-1-3-5-16/h1-9,11,17,19H,10,12-13H2. The van der Waals surface area contributed by atoms with Gasteiger partial charge in [-0.2, -0.15) is 0 Å². The maximum Gasteiger partial charge on any atom is 0.238 e. The van der Waals surface area contributed by atoms with E-state index in [0.717, 1.165) is 18.4 Å². The van der Waals surface area contributed by atoms with Crippen LogP contribution in [0.3, 0.4) is 0 Å². The van der Waals surface area contributed by atoms with Crippen LogP contribution in [0.15, 0.2) is 60.7 Å². The summed E-state index contributed by atoms with van der Waals surface area (Å²) in [4.78, 5) is 27.7. The number of rotatable bonds is 2. The zero-order chi connectivity index (χ0) is 17.9. The van der Waals surface area contributed by atoms with Crippen molar-refractivity contribution < 1.29 is 9.59 Å². The molecular formula is C22H18ClNO2. The highest BCUT2D eigenvalue weighted by atomic mass is 35.5. The second-order valence-corrected chi connectivity index (χ2v) is 7.88. The van der Waals surface area contributed by atoms with Gasteiger partial charge in [0, 0.05) is 10.4 Å². The Morgan fingerprint density at radius 1 is 0.923 bits per heavy atom. The average molecular weight is 364 g/mol. The summed E-state index contributed by atoms with van der Waals surface area (Å²) in [5, 5.41) is 0.704. The summed E-state index contributed by atoms with van der Waals surface area (Å²) in [5.41, 5.74) is 2.82. The Kier molecular flexibility index (Phi) is 3.38. The fourth-order valence-electron chi connectivity index (χ4n) is 4.78. The number of hydrogen-bond acceptors (Lipinski definition) is 2. The predicted octanol–water partition coefficient (Wildman–Crippen LogP) is 4.71. The first-order chi connectivity index (χ1) is 12.6. The third kappa shape index (κ3) is 2.13. The van der Waals surface area contributed by atoms with Crippen LogP contribution >= 0.6 is 11.6 Å². The lowest BCUT2D eigenvalue weighted by atomic mass is 9.68. The van der Waals surface area contributed by atoms with E-state index in [1.54, 1.807) is 0 Å². The maximum absolute atomic E-state index is 13.3. The van der Waals surface area contributed by atoms with Crippen molar-refractivity contribution in [1.29, 1.82) is 0 Å². The summed E-state index contributed by atoms with van der Waals surface area (Å²) >= 11 is 6.03. The van der Waals surface area contributed by atoms with Crippen LogP contribution in [0.1, 0.15) is 24.8 Å². The van der Waals surface area contributed by atoms with Gasteiger partial charge in [-0.3, -0.25) is 14.5 Å². The van der Waals surface area contributed by atoms with Gasteiger partial charge in [-0.15, -0.1) is 0 Å². The van der Waals surface area contributed by atoms with Gasteiger partial charge in [0.1, 0.15) is 0 Å². The van der Waals surface area contributed by atoms with E-state index in [1.165, 1.54) is 10.5 Å². The van der Waals surface area contributed by atoms with Gasteiger partial charge in [-0.1, -0.05) is 48.0 Å². The minimum absolute atomic E-state index is 0.0386. The van der Waals surface area contributed by atoms with E-state index in [9.17, 15) is 9.59 Å². The topological polar surface area (TPSA) is 37.4 Å². The van der Waals surface area contributed by atoms with E-state index in [4.69, 9.17) is 11.6 Å². The first kappa shape index (κ1) is 15.8. The van der Waals surface area contributed by atoms with Crippen LogP contribution in [-0.2, 0) is 9.59 Å². The third-order valence-corrected chi connectivity index (χ3v) is 6.34. The number of amides is 2. The van der Waals surface area contributed by atoms with Crippen molar-refractivity contribution in [3.63, 3.8) is 0 Å². The summed E-state index contributed by atoms with van der Waals surface area (Å²) in [6.45, 7) is 0. The number of nitrogens with zero attached hydrogens (tertiary/aromatic N) is 1. The number of carbonyl (C=O) groups excluding carboxylic acids is 2. The van der Waals surface area contributed by atoms with Gasteiger partial charge >= 0.3 is 0 Å². The zero-order valence-electron chi connectivity index (χ0n) is 14.2. The molecule has 3 aliphatic rings. The predicted molar refractivity (Wildman–Crippen MR) is 102 cm³/mol. The number of benzene rings is 2. The van der Waals surface area contributed by atoms with Crippen molar-refractivity contribution >= 4 is 34.7 Å². The molecule has 1 saturated carbocycles. The number of allylic oxidation sites excluding steroid dienone is 2. The highest BCUT2D eigenvalue weighted by Crippen LogP contribution is 2.67. The molecule has 2 aromatic rings. The second-order valence-electron chi connectivity index (χ2n) is 7.45. The summed E-state index contributed by atoms with van der Waals surface area (Å²) in [6.07, 6.45) is 4.73. The minimum Gasteiger partial charge on any atom is -0.274 e. The SMILES string of the molecule is O=C1C2CC=C(c3ccc(Cl)cc3)C3(CC3)C2C(=O)N1c1ccccc1. The van der Waals surface area contributed by atoms with Gasteiger partial charge in [0.2, 0.25) is 11.8 Å². The van der Waals surface area contributed by atoms with Crippen LogP contribution in [0.25, 0.3) is 5.57 Å². The molecule has 4 heteroatoms. The van der Waals surface area contributed by atoms with E-state index in [1.807, 2.05) is 54.6 Å². The van der Waals surface area contributed by atoms with Crippen molar-refractivity contribution in [3.05, 3.63) is 71.3 Å².